The van der Waals surface area contributed by atoms with E-state index >= 15 is 0 Å². The van der Waals surface area contributed by atoms with Gasteiger partial charge in [-0.25, -0.2) is 0 Å². The largest absolute Gasteiger partial charge is 0.0619 e. The van der Waals surface area contributed by atoms with Crippen molar-refractivity contribution >= 4 is 53.9 Å². The molecule has 13 rings (SSSR count). The van der Waals surface area contributed by atoms with E-state index in [1.807, 2.05) is 0 Å². The normalized spacial score (nSPS) is 14.4. The molecule has 2 aliphatic carbocycles. The van der Waals surface area contributed by atoms with E-state index in [2.05, 4.69) is 222 Å². The average molecular weight is 789 g/mol. The summed E-state index contributed by atoms with van der Waals surface area (Å²) in [5, 5.41) is 13.0. The van der Waals surface area contributed by atoms with Crippen LogP contribution in [0.2, 0.25) is 0 Å². The quantitative estimate of drug-likeness (QED) is 0.124. The molecule has 0 heteroatoms. The highest BCUT2D eigenvalue weighted by Crippen LogP contribution is 2.56. The lowest BCUT2D eigenvalue weighted by molar-refractivity contribution is 0.660. The summed E-state index contributed by atoms with van der Waals surface area (Å²) in [6, 6.07) is 73.4. The first-order chi connectivity index (χ1) is 30.3. The van der Waals surface area contributed by atoms with Crippen molar-refractivity contribution in [2.75, 3.05) is 0 Å². The maximum Gasteiger partial charge on any atom is 0.0165 e. The predicted octanol–water partition coefficient (Wildman–Crippen LogP) is 17.1. The van der Waals surface area contributed by atoms with E-state index in [1.54, 1.807) is 0 Å². The maximum atomic E-state index is 2.47. The van der Waals surface area contributed by atoms with E-state index in [1.165, 1.54) is 132 Å². The third-order valence-electron chi connectivity index (χ3n) is 14.8. The fourth-order valence-corrected chi connectivity index (χ4v) is 11.8. The number of benzene rings is 11. The maximum absolute atomic E-state index is 2.47. The Hall–Kier alpha value is -7.28. The van der Waals surface area contributed by atoms with E-state index in [4.69, 9.17) is 0 Å². The summed E-state index contributed by atoms with van der Waals surface area (Å²) in [6.45, 7) is 9.58. The minimum absolute atomic E-state index is 0.0641. The Morgan fingerprint density at radius 3 is 1.42 bits per heavy atom. The van der Waals surface area contributed by atoms with Crippen LogP contribution in [0.3, 0.4) is 0 Å². The second-order valence-corrected chi connectivity index (χ2v) is 18.8. The summed E-state index contributed by atoms with van der Waals surface area (Å²) in [5.41, 5.74) is 18.5. The van der Waals surface area contributed by atoms with Crippen molar-refractivity contribution in [1.29, 1.82) is 0 Å². The van der Waals surface area contributed by atoms with Crippen molar-refractivity contribution in [3.05, 3.63) is 216 Å². The zero-order valence-electron chi connectivity index (χ0n) is 35.5. The van der Waals surface area contributed by atoms with Gasteiger partial charge < -0.3 is 0 Å². The fraction of sp³-hybridized carbons (Fsp3) is 0.0968. The highest BCUT2D eigenvalue weighted by Gasteiger charge is 2.39. The molecule has 0 N–H and O–H groups in total. The minimum atomic E-state index is -0.135. The summed E-state index contributed by atoms with van der Waals surface area (Å²) in [5.74, 6) is 0. The van der Waals surface area contributed by atoms with Crippen LogP contribution < -0.4 is 0 Å². The Kier molecular flexibility index (Phi) is 7.23. The Morgan fingerprint density at radius 1 is 0.258 bits per heavy atom. The van der Waals surface area contributed by atoms with Gasteiger partial charge in [0.2, 0.25) is 0 Å². The van der Waals surface area contributed by atoms with Crippen molar-refractivity contribution < 1.29 is 0 Å². The first-order valence-corrected chi connectivity index (χ1v) is 22.1. The lowest BCUT2D eigenvalue weighted by atomic mass is 9.78. The molecule has 0 spiro atoms. The van der Waals surface area contributed by atoms with Gasteiger partial charge in [0.1, 0.15) is 0 Å². The predicted molar refractivity (Wildman–Crippen MR) is 265 cm³/mol. The molecule has 0 aliphatic heterocycles. The Bertz CT molecular complexity index is 3670. The van der Waals surface area contributed by atoms with Crippen LogP contribution >= 0.6 is 0 Å². The molecular formula is C62H44. The molecule has 0 unspecified atom stereocenters. The molecule has 0 bridgehead atoms. The molecule has 0 saturated carbocycles. The first-order valence-electron chi connectivity index (χ1n) is 22.1. The number of hydrogen-bond donors (Lipinski definition) is 0. The van der Waals surface area contributed by atoms with Gasteiger partial charge in [-0.05, 0) is 156 Å². The molecule has 0 atom stereocenters. The van der Waals surface area contributed by atoms with Crippen LogP contribution in [0.1, 0.15) is 49.9 Å². The molecule has 0 aromatic heterocycles. The van der Waals surface area contributed by atoms with Crippen LogP contribution in [0.15, 0.2) is 194 Å². The van der Waals surface area contributed by atoms with E-state index < -0.39 is 0 Å². The van der Waals surface area contributed by atoms with Gasteiger partial charge >= 0.3 is 0 Å². The van der Waals surface area contributed by atoms with Crippen molar-refractivity contribution in [1.82, 2.24) is 0 Å². The molecule has 62 heavy (non-hydrogen) atoms. The number of hydrogen-bond acceptors (Lipinski definition) is 0. The molecule has 0 amide bonds. The summed E-state index contributed by atoms with van der Waals surface area (Å²) in [6.07, 6.45) is 0. The zero-order valence-corrected chi connectivity index (χ0v) is 35.5. The lowest BCUT2D eigenvalue weighted by Crippen LogP contribution is -2.15. The zero-order chi connectivity index (χ0) is 41.5. The number of fused-ring (bicyclic) bond motifs is 14. The Morgan fingerprint density at radius 2 is 0.742 bits per heavy atom. The second-order valence-electron chi connectivity index (χ2n) is 18.8. The first kappa shape index (κ1) is 35.5. The third kappa shape index (κ3) is 4.78. The van der Waals surface area contributed by atoms with Crippen LogP contribution in [0.5, 0.6) is 0 Å². The molecule has 292 valence electrons. The molecule has 0 fully saturated rings. The summed E-state index contributed by atoms with van der Waals surface area (Å²) < 4.78 is 0. The minimum Gasteiger partial charge on any atom is -0.0619 e. The fourth-order valence-electron chi connectivity index (χ4n) is 11.8. The smallest absolute Gasteiger partial charge is 0.0165 e. The van der Waals surface area contributed by atoms with Crippen molar-refractivity contribution in [3.8, 4) is 55.6 Å². The van der Waals surface area contributed by atoms with Crippen LogP contribution in [0, 0.1) is 0 Å². The van der Waals surface area contributed by atoms with Crippen molar-refractivity contribution in [2.24, 2.45) is 0 Å². The van der Waals surface area contributed by atoms with Gasteiger partial charge in [-0.3, -0.25) is 0 Å². The molecular weight excluding hydrogens is 745 g/mol. The van der Waals surface area contributed by atoms with E-state index in [-0.39, 0.29) is 10.8 Å². The lowest BCUT2D eigenvalue weighted by Gasteiger charge is -2.24. The number of rotatable bonds is 3. The van der Waals surface area contributed by atoms with Gasteiger partial charge in [-0.2, -0.15) is 0 Å². The van der Waals surface area contributed by atoms with E-state index in [9.17, 15) is 0 Å². The van der Waals surface area contributed by atoms with Crippen LogP contribution in [-0.4, -0.2) is 0 Å². The highest BCUT2D eigenvalue weighted by atomic mass is 14.4. The van der Waals surface area contributed by atoms with Gasteiger partial charge in [0, 0.05) is 10.8 Å². The molecule has 11 aromatic carbocycles. The highest BCUT2D eigenvalue weighted by molar-refractivity contribution is 6.22. The third-order valence-corrected chi connectivity index (χ3v) is 14.8. The van der Waals surface area contributed by atoms with Crippen molar-refractivity contribution in [3.63, 3.8) is 0 Å². The van der Waals surface area contributed by atoms with Crippen molar-refractivity contribution in [2.45, 2.75) is 38.5 Å². The standard InChI is InChI=1S/C62H44/c1-61(2)54-24-14-13-18-44(54)45-31-30-42(36-55(45)61)58-49-22-11-9-20-47(49)57(48-21-10-12-23-50(48)58)38-27-25-37(26-28-38)41-29-32-51-52(33-41)43-17-7-8-19-46(43)59-53-34-39-15-5-6-16-40(39)35-56(53)62(3,4)60(51)59/h5-36H,1-4H3. The molecule has 0 heterocycles. The summed E-state index contributed by atoms with van der Waals surface area (Å²) in [4.78, 5) is 0. The van der Waals surface area contributed by atoms with Crippen LogP contribution in [-0.2, 0) is 10.8 Å². The molecule has 0 nitrogen and oxygen atoms in total. The van der Waals surface area contributed by atoms with Gasteiger partial charge in [-0.1, -0.05) is 198 Å². The van der Waals surface area contributed by atoms with Gasteiger partial charge in [0.15, 0.2) is 0 Å². The van der Waals surface area contributed by atoms with Gasteiger partial charge in [0.25, 0.3) is 0 Å². The topological polar surface area (TPSA) is 0 Å². The molecule has 0 radical (unpaired) electrons. The Labute approximate surface area is 362 Å². The second kappa shape index (κ2) is 12.6. The van der Waals surface area contributed by atoms with E-state index in [0.717, 1.165) is 0 Å². The summed E-state index contributed by atoms with van der Waals surface area (Å²) >= 11 is 0. The molecule has 0 saturated heterocycles. The van der Waals surface area contributed by atoms with Crippen LogP contribution in [0.4, 0.5) is 0 Å². The summed E-state index contributed by atoms with van der Waals surface area (Å²) in [7, 11) is 0. The molecule has 11 aromatic rings. The van der Waals surface area contributed by atoms with Crippen LogP contribution in [0.25, 0.3) is 109 Å². The SMILES string of the molecule is CC1(C)c2ccccc2-c2ccc(-c3c4ccccc4c(-c4ccc(-c5ccc6c7c(c8ccccc8c6c5)-c5cc6ccccc6cc5C7(C)C)cc4)c4ccccc34)cc21. The monoisotopic (exact) mass is 788 g/mol. The van der Waals surface area contributed by atoms with Gasteiger partial charge in [-0.15, -0.1) is 0 Å². The average Bonchev–Trinajstić information content (AvgIpc) is 3.69. The van der Waals surface area contributed by atoms with Gasteiger partial charge in [0.05, 0.1) is 0 Å². The van der Waals surface area contributed by atoms with E-state index in [0.29, 0.717) is 0 Å². The Balaban J connectivity index is 0.948. The molecule has 2 aliphatic rings.